The summed E-state index contributed by atoms with van der Waals surface area (Å²) in [6, 6.07) is 11.1. The van der Waals surface area contributed by atoms with E-state index in [9.17, 15) is 14.7 Å². The van der Waals surface area contributed by atoms with Crippen molar-refractivity contribution in [3.8, 4) is 0 Å². The summed E-state index contributed by atoms with van der Waals surface area (Å²) >= 11 is 0. The van der Waals surface area contributed by atoms with Gasteiger partial charge in [0.15, 0.2) is 0 Å². The fourth-order valence-corrected chi connectivity index (χ4v) is 3.74. The molecular weight excluding hydrogens is 400 g/mol. The number of nitrogens with two attached hydrogens (primary N) is 1. The molecule has 0 radical (unpaired) electrons. The first-order valence-electron chi connectivity index (χ1n) is 10.1. The largest absolute Gasteiger partial charge is 0.480 e. The molecule has 3 rings (SSSR count). The second kappa shape index (κ2) is 10.1. The molecule has 0 atom stereocenters. The van der Waals surface area contributed by atoms with Gasteiger partial charge in [-0.1, -0.05) is 6.07 Å². The normalized spacial score (nSPS) is 14.4. The number of nitrogens with one attached hydrogen (secondary N) is 1. The van der Waals surface area contributed by atoms with Gasteiger partial charge in [-0.3, -0.25) is 9.69 Å². The molecule has 0 aromatic heterocycles. The molecule has 9 nitrogen and oxygen atoms in total. The fourth-order valence-electron chi connectivity index (χ4n) is 3.74. The molecule has 1 saturated heterocycles. The van der Waals surface area contributed by atoms with Crippen molar-refractivity contribution in [1.29, 1.82) is 0 Å². The average Bonchev–Trinajstić information content (AvgIpc) is 2.74. The second-order valence-electron chi connectivity index (χ2n) is 7.43. The highest BCUT2D eigenvalue weighted by molar-refractivity contribution is 5.94. The van der Waals surface area contributed by atoms with Crippen LogP contribution in [0.2, 0.25) is 0 Å². The van der Waals surface area contributed by atoms with Crippen molar-refractivity contribution in [3.63, 3.8) is 0 Å². The average molecular weight is 428 g/mol. The zero-order valence-corrected chi connectivity index (χ0v) is 17.5. The maximum absolute atomic E-state index is 11.6. The van der Waals surface area contributed by atoms with E-state index in [0.717, 1.165) is 24.5 Å². The van der Waals surface area contributed by atoms with Gasteiger partial charge in [-0.2, -0.15) is 0 Å². The highest BCUT2D eigenvalue weighted by Crippen LogP contribution is 2.31. The monoisotopic (exact) mass is 428 g/mol. The Bertz CT molecular complexity index is 941. The van der Waals surface area contributed by atoms with Crippen molar-refractivity contribution < 1.29 is 24.5 Å². The molecule has 1 aliphatic heterocycles. The van der Waals surface area contributed by atoms with Gasteiger partial charge >= 0.3 is 11.9 Å². The highest BCUT2D eigenvalue weighted by Gasteiger charge is 2.20. The number of anilines is 4. The lowest BCUT2D eigenvalue weighted by atomic mass is 10.0. The third-order valence-corrected chi connectivity index (χ3v) is 5.37. The van der Waals surface area contributed by atoms with Gasteiger partial charge in [0.1, 0.15) is 0 Å². The molecule has 0 saturated carbocycles. The SMILES string of the molecule is COCCc1c(C(=O)O)ccc(Nc2cccc(N3CCN(CC(=O)O)CC3)c2)c1N. The van der Waals surface area contributed by atoms with E-state index in [2.05, 4.69) is 10.2 Å². The Hall–Kier alpha value is -3.30. The van der Waals surface area contributed by atoms with Crippen LogP contribution in [0, 0.1) is 0 Å². The van der Waals surface area contributed by atoms with Crippen LogP contribution in [-0.2, 0) is 16.0 Å². The number of methoxy groups -OCH3 is 1. The van der Waals surface area contributed by atoms with Gasteiger partial charge < -0.3 is 30.9 Å². The Morgan fingerprint density at radius 1 is 1.13 bits per heavy atom. The Labute approximate surface area is 181 Å². The minimum atomic E-state index is -1.02. The predicted molar refractivity (Wildman–Crippen MR) is 119 cm³/mol. The Kier molecular flexibility index (Phi) is 7.32. The molecule has 0 unspecified atom stereocenters. The molecule has 1 fully saturated rings. The molecule has 31 heavy (non-hydrogen) atoms. The first-order valence-corrected chi connectivity index (χ1v) is 10.1. The number of rotatable bonds is 9. The Morgan fingerprint density at radius 2 is 1.87 bits per heavy atom. The molecule has 2 aromatic rings. The topological polar surface area (TPSA) is 128 Å². The molecule has 0 bridgehead atoms. The number of nitrogens with zero attached hydrogens (tertiary/aromatic N) is 2. The van der Waals surface area contributed by atoms with Gasteiger partial charge in [-0.05, 0) is 42.3 Å². The number of carboxylic acids is 2. The maximum atomic E-state index is 11.6. The summed E-state index contributed by atoms with van der Waals surface area (Å²) in [5, 5.41) is 21.7. The number of carbonyl (C=O) groups is 2. The van der Waals surface area contributed by atoms with E-state index >= 15 is 0 Å². The molecule has 5 N–H and O–H groups in total. The van der Waals surface area contributed by atoms with E-state index < -0.39 is 11.9 Å². The molecular formula is C22H28N4O5. The fraction of sp³-hybridized carbons (Fsp3) is 0.364. The lowest BCUT2D eigenvalue weighted by molar-refractivity contribution is -0.138. The van der Waals surface area contributed by atoms with Crippen LogP contribution in [0.1, 0.15) is 15.9 Å². The molecule has 0 aliphatic carbocycles. The third kappa shape index (κ3) is 5.65. The van der Waals surface area contributed by atoms with E-state index in [4.69, 9.17) is 15.6 Å². The minimum absolute atomic E-state index is 0.0620. The van der Waals surface area contributed by atoms with Gasteiger partial charge in [-0.25, -0.2) is 4.79 Å². The molecule has 0 amide bonds. The van der Waals surface area contributed by atoms with E-state index in [-0.39, 0.29) is 12.1 Å². The first kappa shape index (κ1) is 22.4. The van der Waals surface area contributed by atoms with E-state index in [1.807, 2.05) is 29.2 Å². The quantitative estimate of drug-likeness (QED) is 0.444. The summed E-state index contributed by atoms with van der Waals surface area (Å²) < 4.78 is 5.09. The van der Waals surface area contributed by atoms with Crippen molar-refractivity contribution in [1.82, 2.24) is 4.90 Å². The Balaban J connectivity index is 1.75. The molecule has 9 heteroatoms. The van der Waals surface area contributed by atoms with Gasteiger partial charge in [-0.15, -0.1) is 0 Å². The summed E-state index contributed by atoms with van der Waals surface area (Å²) in [6.07, 6.45) is 0.403. The zero-order chi connectivity index (χ0) is 22.4. The lowest BCUT2D eigenvalue weighted by Gasteiger charge is -2.35. The first-order chi connectivity index (χ1) is 14.9. The minimum Gasteiger partial charge on any atom is -0.480 e. The van der Waals surface area contributed by atoms with Crippen LogP contribution in [0.15, 0.2) is 36.4 Å². The third-order valence-electron chi connectivity index (χ3n) is 5.37. The van der Waals surface area contributed by atoms with Crippen molar-refractivity contribution in [2.75, 3.05) is 62.4 Å². The smallest absolute Gasteiger partial charge is 0.336 e. The number of hydrogen-bond acceptors (Lipinski definition) is 7. The van der Waals surface area contributed by atoms with E-state index in [1.165, 1.54) is 0 Å². The van der Waals surface area contributed by atoms with Crippen molar-refractivity contribution in [3.05, 3.63) is 47.5 Å². The van der Waals surface area contributed by atoms with Gasteiger partial charge in [0, 0.05) is 44.7 Å². The van der Waals surface area contributed by atoms with Crippen molar-refractivity contribution >= 4 is 34.7 Å². The zero-order valence-electron chi connectivity index (χ0n) is 17.5. The van der Waals surface area contributed by atoms with Gasteiger partial charge in [0.05, 0.1) is 30.1 Å². The van der Waals surface area contributed by atoms with Crippen LogP contribution < -0.4 is 16.0 Å². The van der Waals surface area contributed by atoms with Gasteiger partial charge in [0.2, 0.25) is 0 Å². The summed E-state index contributed by atoms with van der Waals surface area (Å²) in [5.74, 6) is -1.83. The van der Waals surface area contributed by atoms with Crippen LogP contribution in [0.5, 0.6) is 0 Å². The summed E-state index contributed by atoms with van der Waals surface area (Å²) in [5.41, 5.74) is 9.91. The molecule has 1 heterocycles. The van der Waals surface area contributed by atoms with Crippen LogP contribution in [0.3, 0.4) is 0 Å². The van der Waals surface area contributed by atoms with E-state index in [0.29, 0.717) is 43.1 Å². The number of piperazine rings is 1. The number of ether oxygens (including phenoxy) is 1. The second-order valence-corrected chi connectivity index (χ2v) is 7.43. The molecule has 166 valence electrons. The summed E-state index contributed by atoms with van der Waals surface area (Å²) in [4.78, 5) is 26.6. The standard InChI is InChI=1S/C22H28N4O5/c1-31-12-7-17-18(22(29)30)5-6-19(21(17)23)24-15-3-2-4-16(13-15)26-10-8-25(9-11-26)14-20(27)28/h2-6,13,24H,7-12,14,23H2,1H3,(H,27,28)(H,29,30). The number of nitrogen functional groups attached to an aromatic ring is 1. The molecule has 2 aromatic carbocycles. The van der Waals surface area contributed by atoms with Gasteiger partial charge in [0.25, 0.3) is 0 Å². The van der Waals surface area contributed by atoms with Crippen LogP contribution >= 0.6 is 0 Å². The highest BCUT2D eigenvalue weighted by atomic mass is 16.5. The molecule has 1 aliphatic rings. The number of aromatic carboxylic acids is 1. The van der Waals surface area contributed by atoms with E-state index in [1.54, 1.807) is 19.2 Å². The number of aliphatic carboxylic acids is 1. The van der Waals surface area contributed by atoms with Crippen molar-refractivity contribution in [2.24, 2.45) is 0 Å². The van der Waals surface area contributed by atoms with Crippen LogP contribution in [0.25, 0.3) is 0 Å². The predicted octanol–water partition coefficient (Wildman–Crippen LogP) is 2.11. The van der Waals surface area contributed by atoms with Crippen LogP contribution in [0.4, 0.5) is 22.7 Å². The number of hydrogen-bond donors (Lipinski definition) is 4. The number of benzene rings is 2. The summed E-state index contributed by atoms with van der Waals surface area (Å²) in [7, 11) is 1.56. The summed E-state index contributed by atoms with van der Waals surface area (Å²) in [6.45, 7) is 3.30. The molecule has 0 spiro atoms. The number of carboxylic acid groups (broad SMARTS) is 2. The van der Waals surface area contributed by atoms with Crippen LogP contribution in [-0.4, -0.2) is 73.5 Å². The van der Waals surface area contributed by atoms with Crippen molar-refractivity contribution in [2.45, 2.75) is 6.42 Å². The maximum Gasteiger partial charge on any atom is 0.336 e. The Morgan fingerprint density at radius 3 is 2.52 bits per heavy atom. The lowest BCUT2D eigenvalue weighted by Crippen LogP contribution is -2.47.